The molecule has 0 aromatic heterocycles. The second-order valence-corrected chi connectivity index (χ2v) is 5.71. The quantitative estimate of drug-likeness (QED) is 0.577. The minimum Gasteiger partial charge on any atom is -0.497 e. The highest BCUT2D eigenvalue weighted by Gasteiger charge is 2.16. The molecular weight excluding hydrogens is 310 g/mol. The van der Waals surface area contributed by atoms with Gasteiger partial charge in [-0.15, -0.1) is 0 Å². The van der Waals surface area contributed by atoms with E-state index in [1.807, 2.05) is 78.9 Å². The van der Waals surface area contributed by atoms with Crippen molar-refractivity contribution in [3.63, 3.8) is 0 Å². The predicted octanol–water partition coefficient (Wildman–Crippen LogP) is 5.27. The van der Waals surface area contributed by atoms with Crippen LogP contribution in [0.1, 0.15) is 5.56 Å². The van der Waals surface area contributed by atoms with E-state index in [2.05, 4.69) is 6.58 Å². The van der Waals surface area contributed by atoms with Gasteiger partial charge in [0.15, 0.2) is 0 Å². The van der Waals surface area contributed by atoms with Gasteiger partial charge in [0.05, 0.1) is 19.3 Å². The van der Waals surface area contributed by atoms with Crippen molar-refractivity contribution in [3.8, 4) is 16.9 Å². The van der Waals surface area contributed by atoms with Gasteiger partial charge in [0.1, 0.15) is 5.75 Å². The first-order valence-electron chi connectivity index (χ1n) is 8.10. The van der Waals surface area contributed by atoms with E-state index in [0.717, 1.165) is 28.1 Å². The van der Waals surface area contributed by atoms with Crippen molar-refractivity contribution in [3.05, 3.63) is 96.9 Å². The molecule has 3 nitrogen and oxygen atoms in total. The Hall–Kier alpha value is -3.20. The van der Waals surface area contributed by atoms with Crippen LogP contribution in [-0.2, 0) is 11.7 Å². The number of hydrogen-bond donors (Lipinski definition) is 0. The van der Waals surface area contributed by atoms with Crippen LogP contribution in [0.5, 0.6) is 5.75 Å². The predicted molar refractivity (Wildman–Crippen MR) is 101 cm³/mol. The molecule has 0 fully saturated rings. The monoisotopic (exact) mass is 330 g/mol. The molecule has 3 aromatic rings. The third-order valence-electron chi connectivity index (χ3n) is 4.08. The fraction of sp³-hybridized carbons (Fsp3) is 0.0909. The van der Waals surface area contributed by atoms with Crippen molar-refractivity contribution in [2.24, 2.45) is 0 Å². The van der Waals surface area contributed by atoms with Crippen molar-refractivity contribution >= 4 is 5.69 Å². The van der Waals surface area contributed by atoms with Crippen molar-refractivity contribution in [1.29, 1.82) is 0 Å². The molecule has 25 heavy (non-hydrogen) atoms. The third kappa shape index (κ3) is 3.83. The van der Waals surface area contributed by atoms with Crippen LogP contribution < -0.4 is 9.64 Å². The molecule has 3 aromatic carbocycles. The van der Waals surface area contributed by atoms with Crippen LogP contribution >= 0.6 is 0 Å². The molecule has 0 saturated carbocycles. The molecule has 0 saturated heterocycles. The average Bonchev–Trinajstić information content (AvgIpc) is 2.67. The number of nitrogens with zero attached hydrogens (tertiary/aromatic N) is 1. The number of hydrogen-bond acceptors (Lipinski definition) is 2. The van der Waals surface area contributed by atoms with Crippen LogP contribution in [0.2, 0.25) is 0 Å². The summed E-state index contributed by atoms with van der Waals surface area (Å²) in [6.07, 6.45) is 0. The molecule has 0 unspecified atom stereocenters. The maximum absolute atomic E-state index is 12.2. The molecule has 0 atom stereocenters. The molecule has 3 heteroatoms. The molecule has 1 radical (unpaired) electrons. The molecule has 0 aliphatic heterocycles. The number of rotatable bonds is 6. The van der Waals surface area contributed by atoms with E-state index in [0.29, 0.717) is 6.54 Å². The maximum atomic E-state index is 12.2. The van der Waals surface area contributed by atoms with Gasteiger partial charge in [0.2, 0.25) is 5.88 Å². The number of para-hydroxylation sites is 1. The molecule has 0 aliphatic rings. The van der Waals surface area contributed by atoms with Crippen LogP contribution in [0.4, 0.5) is 5.69 Å². The summed E-state index contributed by atoms with van der Waals surface area (Å²) in [4.78, 5) is 1.70. The Morgan fingerprint density at radius 2 is 1.56 bits per heavy atom. The second-order valence-electron chi connectivity index (χ2n) is 5.71. The lowest BCUT2D eigenvalue weighted by molar-refractivity contribution is 0.284. The minimum atomic E-state index is -0.232. The number of ether oxygens (including phenoxy) is 1. The molecule has 125 valence electrons. The molecule has 0 aliphatic carbocycles. The molecule has 0 heterocycles. The molecule has 0 amide bonds. The third-order valence-corrected chi connectivity index (χ3v) is 4.08. The van der Waals surface area contributed by atoms with E-state index in [1.54, 1.807) is 12.0 Å². The van der Waals surface area contributed by atoms with E-state index in [9.17, 15) is 5.11 Å². The maximum Gasteiger partial charge on any atom is 0.244 e. The molecule has 0 bridgehead atoms. The average molecular weight is 330 g/mol. The van der Waals surface area contributed by atoms with Gasteiger partial charge >= 0.3 is 0 Å². The summed E-state index contributed by atoms with van der Waals surface area (Å²) in [7, 11) is 1.64. The summed E-state index contributed by atoms with van der Waals surface area (Å²) in [6, 6.07) is 25.6. The highest BCUT2D eigenvalue weighted by Crippen LogP contribution is 2.34. The minimum absolute atomic E-state index is 0.232. The highest BCUT2D eigenvalue weighted by molar-refractivity contribution is 5.79. The Balaban J connectivity index is 2.00. The summed E-state index contributed by atoms with van der Waals surface area (Å²) in [5.41, 5.74) is 3.91. The van der Waals surface area contributed by atoms with Gasteiger partial charge in [-0.25, -0.2) is 0 Å². The smallest absolute Gasteiger partial charge is 0.244 e. The summed E-state index contributed by atoms with van der Waals surface area (Å²) in [5.74, 6) is 0.570. The molecular formula is C22H20NO2. The summed E-state index contributed by atoms with van der Waals surface area (Å²) in [6.45, 7) is 4.12. The fourth-order valence-corrected chi connectivity index (χ4v) is 2.80. The molecule has 3 rings (SSSR count). The van der Waals surface area contributed by atoms with E-state index < -0.39 is 0 Å². The van der Waals surface area contributed by atoms with E-state index in [4.69, 9.17) is 4.74 Å². The SMILES string of the molecule is C=C([O])N(Cc1ccccc1)c1ccccc1-c1ccc(OC)cc1. The Labute approximate surface area is 148 Å². The zero-order chi connectivity index (χ0) is 17.6. The van der Waals surface area contributed by atoms with E-state index >= 15 is 0 Å². The standard InChI is InChI=1S/C22H20NO2/c1-17(24)23(16-18-8-4-3-5-9-18)22-11-7-6-10-21(22)19-12-14-20(25-2)15-13-19/h3-15H,1,16H2,2H3. The van der Waals surface area contributed by atoms with E-state index in [-0.39, 0.29) is 5.88 Å². The summed E-state index contributed by atoms with van der Waals surface area (Å²) < 4.78 is 5.23. The zero-order valence-corrected chi connectivity index (χ0v) is 14.2. The zero-order valence-electron chi connectivity index (χ0n) is 14.2. The Morgan fingerprint density at radius 1 is 0.920 bits per heavy atom. The Kier molecular flexibility index (Phi) is 5.05. The van der Waals surface area contributed by atoms with Crippen LogP contribution in [0, 0.1) is 0 Å². The lowest BCUT2D eigenvalue weighted by Gasteiger charge is -2.24. The van der Waals surface area contributed by atoms with Crippen LogP contribution in [0.3, 0.4) is 0 Å². The Morgan fingerprint density at radius 3 is 2.20 bits per heavy atom. The highest BCUT2D eigenvalue weighted by atomic mass is 16.5. The van der Waals surface area contributed by atoms with Gasteiger partial charge in [0, 0.05) is 5.56 Å². The van der Waals surface area contributed by atoms with Crippen molar-refractivity contribution < 1.29 is 9.84 Å². The molecule has 0 spiro atoms. The summed E-state index contributed by atoms with van der Waals surface area (Å²) >= 11 is 0. The van der Waals surface area contributed by atoms with Crippen LogP contribution in [0.25, 0.3) is 11.1 Å². The first-order chi connectivity index (χ1) is 12.2. The first kappa shape index (κ1) is 16.7. The van der Waals surface area contributed by atoms with Crippen molar-refractivity contribution in [1.82, 2.24) is 0 Å². The number of methoxy groups -OCH3 is 1. The van der Waals surface area contributed by atoms with Gasteiger partial charge in [-0.2, -0.15) is 0 Å². The van der Waals surface area contributed by atoms with Gasteiger partial charge in [-0.3, -0.25) is 5.11 Å². The van der Waals surface area contributed by atoms with Gasteiger partial charge in [0.25, 0.3) is 0 Å². The number of anilines is 1. The van der Waals surface area contributed by atoms with Crippen LogP contribution in [-0.4, -0.2) is 7.11 Å². The van der Waals surface area contributed by atoms with Gasteiger partial charge < -0.3 is 9.64 Å². The number of benzene rings is 3. The largest absolute Gasteiger partial charge is 0.497 e. The molecule has 0 N–H and O–H groups in total. The Bertz CT molecular complexity index is 841. The lowest BCUT2D eigenvalue weighted by Crippen LogP contribution is -2.21. The lowest BCUT2D eigenvalue weighted by atomic mass is 10.0. The topological polar surface area (TPSA) is 32.4 Å². The van der Waals surface area contributed by atoms with E-state index in [1.165, 1.54) is 0 Å². The first-order valence-corrected chi connectivity index (χ1v) is 8.10. The summed E-state index contributed by atoms with van der Waals surface area (Å²) in [5, 5.41) is 12.2. The van der Waals surface area contributed by atoms with Crippen LogP contribution in [0.15, 0.2) is 91.3 Å². The normalized spacial score (nSPS) is 10.3. The fourth-order valence-electron chi connectivity index (χ4n) is 2.80. The van der Waals surface area contributed by atoms with Crippen molar-refractivity contribution in [2.45, 2.75) is 6.54 Å². The van der Waals surface area contributed by atoms with Gasteiger partial charge in [-0.05, 0) is 35.9 Å². The van der Waals surface area contributed by atoms with Crippen molar-refractivity contribution in [2.75, 3.05) is 12.0 Å². The second kappa shape index (κ2) is 7.58. The van der Waals surface area contributed by atoms with Gasteiger partial charge in [-0.1, -0.05) is 60.7 Å².